The number of aromatic nitrogens is 3. The van der Waals surface area contributed by atoms with E-state index >= 15 is 0 Å². The minimum Gasteiger partial charge on any atom is -0.381 e. The number of hydrogen-bond acceptors (Lipinski definition) is 4. The van der Waals surface area contributed by atoms with Crippen LogP contribution in [0.3, 0.4) is 0 Å². The van der Waals surface area contributed by atoms with E-state index in [-0.39, 0.29) is 11.8 Å². The smallest absolute Gasteiger partial charge is 0.225 e. The molecule has 0 spiro atoms. The Morgan fingerprint density at radius 3 is 2.86 bits per heavy atom. The minimum absolute atomic E-state index is 0.0210. The molecule has 0 radical (unpaired) electrons. The third kappa shape index (κ3) is 2.39. The van der Waals surface area contributed by atoms with Crippen LogP contribution in [-0.4, -0.2) is 34.3 Å². The van der Waals surface area contributed by atoms with Crippen LogP contribution in [0, 0.1) is 0 Å². The van der Waals surface area contributed by atoms with E-state index in [1.807, 2.05) is 24.3 Å². The molecule has 1 fully saturated rings. The van der Waals surface area contributed by atoms with Gasteiger partial charge in [0.25, 0.3) is 0 Å². The third-order valence-electron chi connectivity index (χ3n) is 4.44. The van der Waals surface area contributed by atoms with Gasteiger partial charge in [0.1, 0.15) is 5.82 Å². The Morgan fingerprint density at radius 2 is 2.00 bits per heavy atom. The van der Waals surface area contributed by atoms with Crippen LogP contribution in [0.2, 0.25) is 0 Å². The minimum atomic E-state index is -0.0500. The first-order chi connectivity index (χ1) is 10.8. The molecule has 1 aromatic heterocycles. The summed E-state index contributed by atoms with van der Waals surface area (Å²) in [5.74, 6) is 1.95. The van der Waals surface area contributed by atoms with Crippen molar-refractivity contribution in [3.63, 3.8) is 0 Å². The molecule has 2 aliphatic heterocycles. The molecule has 1 amide bonds. The van der Waals surface area contributed by atoms with Gasteiger partial charge in [-0.2, -0.15) is 5.10 Å². The molecule has 3 heterocycles. The molecule has 114 valence electrons. The normalized spacial score (nSPS) is 22.2. The average molecular weight is 298 g/mol. The number of nitrogens with one attached hydrogen (secondary N) is 2. The maximum Gasteiger partial charge on any atom is 0.225 e. The van der Waals surface area contributed by atoms with E-state index in [4.69, 9.17) is 4.74 Å². The predicted molar refractivity (Wildman–Crippen MR) is 80.7 cm³/mol. The van der Waals surface area contributed by atoms with Crippen molar-refractivity contribution in [2.45, 2.75) is 31.1 Å². The van der Waals surface area contributed by atoms with E-state index in [9.17, 15) is 4.79 Å². The molecule has 2 N–H and O–H groups in total. The van der Waals surface area contributed by atoms with Gasteiger partial charge in [-0.3, -0.25) is 9.89 Å². The first-order valence-electron chi connectivity index (χ1n) is 7.70. The summed E-state index contributed by atoms with van der Waals surface area (Å²) in [4.78, 5) is 16.6. The lowest BCUT2D eigenvalue weighted by Gasteiger charge is -2.23. The maximum absolute atomic E-state index is 11.9. The molecule has 1 aromatic carbocycles. The van der Waals surface area contributed by atoms with E-state index in [1.54, 1.807) is 0 Å². The van der Waals surface area contributed by atoms with Crippen LogP contribution in [0.15, 0.2) is 24.3 Å². The lowest BCUT2D eigenvalue weighted by Crippen LogP contribution is -2.24. The average Bonchev–Trinajstić information content (AvgIpc) is 3.05. The molecule has 2 aromatic rings. The molecular formula is C16H18N4O2. The van der Waals surface area contributed by atoms with Crippen LogP contribution in [0.1, 0.15) is 48.3 Å². The molecule has 0 aliphatic carbocycles. The maximum atomic E-state index is 11.9. The second kappa shape index (κ2) is 5.53. The number of carbonyl (C=O) groups excluding carboxylic acids is 1. The van der Waals surface area contributed by atoms with Crippen molar-refractivity contribution in [3.8, 4) is 0 Å². The fraction of sp³-hybridized carbons (Fsp3) is 0.438. The number of aromatic amines is 1. The zero-order chi connectivity index (χ0) is 14.9. The molecule has 1 atom stereocenters. The number of amides is 1. The van der Waals surface area contributed by atoms with Crippen LogP contribution in [-0.2, 0) is 9.53 Å². The summed E-state index contributed by atoms with van der Waals surface area (Å²) in [5, 5.41) is 10.4. The number of H-pyrrole nitrogens is 1. The lowest BCUT2D eigenvalue weighted by atomic mass is 9.90. The van der Waals surface area contributed by atoms with Crippen molar-refractivity contribution in [1.82, 2.24) is 15.2 Å². The molecule has 6 heteroatoms. The van der Waals surface area contributed by atoms with Crippen molar-refractivity contribution >= 4 is 11.6 Å². The van der Waals surface area contributed by atoms with Gasteiger partial charge < -0.3 is 10.1 Å². The number of anilines is 1. The standard InChI is InChI=1S/C16H18N4O2/c21-14-9-12(11-3-1-2-4-13(11)17-14)16-18-15(19-20-16)10-5-7-22-8-6-10/h1-4,10,12H,5-9H2,(H,17,21)(H,18,19,20). The number of ether oxygens (including phenoxy) is 1. The molecule has 4 rings (SSSR count). The second-order valence-electron chi connectivity index (χ2n) is 5.86. The molecule has 1 saturated heterocycles. The third-order valence-corrected chi connectivity index (χ3v) is 4.44. The van der Waals surface area contributed by atoms with E-state index in [0.717, 1.165) is 49.0 Å². The Kier molecular flexibility index (Phi) is 3.38. The molecule has 1 unspecified atom stereocenters. The zero-order valence-corrected chi connectivity index (χ0v) is 12.2. The summed E-state index contributed by atoms with van der Waals surface area (Å²) in [7, 11) is 0. The number of fused-ring (bicyclic) bond motifs is 1. The van der Waals surface area contributed by atoms with Gasteiger partial charge in [0.2, 0.25) is 5.91 Å². The lowest BCUT2D eigenvalue weighted by molar-refractivity contribution is -0.116. The molecule has 0 saturated carbocycles. The van der Waals surface area contributed by atoms with Crippen molar-refractivity contribution in [2.24, 2.45) is 0 Å². The fourth-order valence-electron chi connectivity index (χ4n) is 3.24. The number of hydrogen-bond donors (Lipinski definition) is 2. The van der Waals surface area contributed by atoms with E-state index in [1.165, 1.54) is 0 Å². The van der Waals surface area contributed by atoms with E-state index in [2.05, 4.69) is 20.5 Å². The highest BCUT2D eigenvalue weighted by atomic mass is 16.5. The van der Waals surface area contributed by atoms with Gasteiger partial charge in [0, 0.05) is 31.2 Å². The first kappa shape index (κ1) is 13.5. The topological polar surface area (TPSA) is 79.9 Å². The van der Waals surface area contributed by atoms with E-state index in [0.29, 0.717) is 12.3 Å². The summed E-state index contributed by atoms with van der Waals surface area (Å²) in [6.45, 7) is 1.53. The molecule has 2 aliphatic rings. The SMILES string of the molecule is O=C1CC(c2nc(C3CCOCC3)n[nH]2)c2ccccc2N1. The monoisotopic (exact) mass is 298 g/mol. The highest BCUT2D eigenvalue weighted by Gasteiger charge is 2.29. The van der Waals surface area contributed by atoms with Crippen LogP contribution in [0.4, 0.5) is 5.69 Å². The van der Waals surface area contributed by atoms with Crippen LogP contribution < -0.4 is 5.32 Å². The number of nitrogens with zero attached hydrogens (tertiary/aromatic N) is 2. The summed E-state index contributed by atoms with van der Waals surface area (Å²) in [5.41, 5.74) is 1.96. The second-order valence-corrected chi connectivity index (χ2v) is 5.86. The van der Waals surface area contributed by atoms with Crippen LogP contribution in [0.5, 0.6) is 0 Å². The predicted octanol–water partition coefficient (Wildman–Crippen LogP) is 2.17. The van der Waals surface area contributed by atoms with Crippen LogP contribution in [0.25, 0.3) is 0 Å². The van der Waals surface area contributed by atoms with Gasteiger partial charge >= 0.3 is 0 Å². The molecular weight excluding hydrogens is 280 g/mol. The largest absolute Gasteiger partial charge is 0.381 e. The number of carbonyl (C=O) groups is 1. The summed E-state index contributed by atoms with van der Waals surface area (Å²) in [6.07, 6.45) is 2.32. The van der Waals surface area contributed by atoms with Gasteiger partial charge in [0.15, 0.2) is 5.82 Å². The van der Waals surface area contributed by atoms with Gasteiger partial charge in [-0.05, 0) is 24.5 Å². The van der Waals surface area contributed by atoms with Crippen molar-refractivity contribution < 1.29 is 9.53 Å². The summed E-state index contributed by atoms with van der Waals surface area (Å²) in [6, 6.07) is 7.87. The molecule has 0 bridgehead atoms. The van der Waals surface area contributed by atoms with Crippen LogP contribution >= 0.6 is 0 Å². The Morgan fingerprint density at radius 1 is 1.18 bits per heavy atom. The summed E-state index contributed by atoms with van der Waals surface area (Å²) >= 11 is 0. The van der Waals surface area contributed by atoms with Gasteiger partial charge in [0.05, 0.1) is 5.92 Å². The van der Waals surface area contributed by atoms with Crippen molar-refractivity contribution in [1.29, 1.82) is 0 Å². The van der Waals surface area contributed by atoms with Gasteiger partial charge in [-0.25, -0.2) is 4.98 Å². The first-order valence-corrected chi connectivity index (χ1v) is 7.70. The quantitative estimate of drug-likeness (QED) is 0.890. The Labute approximate surface area is 128 Å². The van der Waals surface area contributed by atoms with E-state index < -0.39 is 0 Å². The number of benzene rings is 1. The molecule has 6 nitrogen and oxygen atoms in total. The van der Waals surface area contributed by atoms with Crippen molar-refractivity contribution in [3.05, 3.63) is 41.5 Å². The Bertz CT molecular complexity index is 691. The number of para-hydroxylation sites is 1. The van der Waals surface area contributed by atoms with Gasteiger partial charge in [-0.15, -0.1) is 0 Å². The summed E-state index contributed by atoms with van der Waals surface area (Å²) < 4.78 is 5.39. The Balaban J connectivity index is 1.65. The fourth-order valence-corrected chi connectivity index (χ4v) is 3.24. The number of rotatable bonds is 2. The zero-order valence-electron chi connectivity index (χ0n) is 12.2. The van der Waals surface area contributed by atoms with Gasteiger partial charge in [-0.1, -0.05) is 18.2 Å². The highest BCUT2D eigenvalue weighted by molar-refractivity contribution is 5.95. The highest BCUT2D eigenvalue weighted by Crippen LogP contribution is 2.36. The molecule has 22 heavy (non-hydrogen) atoms. The Hall–Kier alpha value is -2.21. The van der Waals surface area contributed by atoms with Crippen molar-refractivity contribution in [2.75, 3.05) is 18.5 Å².